The first-order valence-corrected chi connectivity index (χ1v) is 22.0. The molecule has 5 N–H and O–H groups in total. The van der Waals surface area contributed by atoms with Gasteiger partial charge >= 0.3 is 11.8 Å². The number of aromatic hydroxyl groups is 1. The van der Waals surface area contributed by atoms with Crippen LogP contribution in [0.3, 0.4) is 0 Å². The molecule has 2 aliphatic heterocycles. The van der Waals surface area contributed by atoms with Gasteiger partial charge in [0.1, 0.15) is 41.2 Å². The molecule has 9 atom stereocenters. The molecule has 0 saturated heterocycles. The lowest BCUT2D eigenvalue weighted by Crippen LogP contribution is -2.46. The van der Waals surface area contributed by atoms with Crippen molar-refractivity contribution in [1.82, 2.24) is 9.88 Å². The lowest BCUT2D eigenvalue weighted by Gasteiger charge is -2.38. The Balaban J connectivity index is 1.62. The fourth-order valence-electron chi connectivity index (χ4n) is 8.52. The Bertz CT molecular complexity index is 2820. The lowest BCUT2D eigenvalue weighted by atomic mass is 9.78. The van der Waals surface area contributed by atoms with Gasteiger partial charge in [-0.3, -0.25) is 19.2 Å². The molecular weight excluding hydrogens is 855 g/mol. The van der Waals surface area contributed by atoms with E-state index in [0.29, 0.717) is 6.54 Å². The van der Waals surface area contributed by atoms with Crippen LogP contribution in [0.15, 0.2) is 62.3 Å². The zero-order valence-electron chi connectivity index (χ0n) is 39.4. The number of hydrogen-bond acceptors (Lipinski definition) is 16. The van der Waals surface area contributed by atoms with Crippen LogP contribution in [0.2, 0.25) is 0 Å². The average Bonchev–Trinajstić information content (AvgIpc) is 3.53. The van der Waals surface area contributed by atoms with Crippen LogP contribution >= 0.6 is 0 Å². The third-order valence-corrected chi connectivity index (χ3v) is 13.0. The fraction of sp³-hybridized carbons (Fsp3) is 0.490. The van der Waals surface area contributed by atoms with E-state index >= 15 is 0 Å². The summed E-state index contributed by atoms with van der Waals surface area (Å²) in [6.07, 6.45) is 3.46. The Morgan fingerprint density at radius 3 is 2.33 bits per heavy atom. The van der Waals surface area contributed by atoms with Crippen LogP contribution in [0, 0.1) is 30.6 Å². The van der Waals surface area contributed by atoms with Crippen LogP contribution < -0.4 is 30.9 Å². The molecule has 1 aromatic heterocycles. The molecule has 4 bridgehead atoms. The number of aliphatic hydroxyl groups excluding tert-OH is 3. The van der Waals surface area contributed by atoms with Crippen LogP contribution in [0.25, 0.3) is 38.7 Å². The summed E-state index contributed by atoms with van der Waals surface area (Å²) < 4.78 is 36.2. The van der Waals surface area contributed by atoms with Crippen molar-refractivity contribution in [2.24, 2.45) is 23.7 Å². The molecule has 0 aliphatic carbocycles. The van der Waals surface area contributed by atoms with E-state index in [-0.39, 0.29) is 73.5 Å². The lowest BCUT2D eigenvalue weighted by molar-refractivity contribution is -0.160. The number of rotatable bonds is 7. The maximum absolute atomic E-state index is 14.8. The van der Waals surface area contributed by atoms with Crippen molar-refractivity contribution in [3.8, 4) is 17.2 Å². The third-order valence-electron chi connectivity index (χ3n) is 13.0. The van der Waals surface area contributed by atoms with E-state index in [1.807, 2.05) is 20.9 Å². The maximum Gasteiger partial charge on any atom is 0.307 e. The van der Waals surface area contributed by atoms with Crippen molar-refractivity contribution in [2.75, 3.05) is 32.6 Å². The van der Waals surface area contributed by atoms with E-state index < -0.39 is 93.8 Å². The quantitative estimate of drug-likeness (QED) is 0.0901. The third kappa shape index (κ3) is 9.34. The van der Waals surface area contributed by atoms with Crippen molar-refractivity contribution in [3.63, 3.8) is 0 Å². The molecule has 0 spiro atoms. The predicted molar refractivity (Wildman–Crippen MR) is 248 cm³/mol. The van der Waals surface area contributed by atoms with Gasteiger partial charge in [-0.1, -0.05) is 45.9 Å². The zero-order chi connectivity index (χ0) is 48.7. The monoisotopic (exact) mass is 915 g/mol. The number of anilines is 1. The highest BCUT2D eigenvalue weighted by Gasteiger charge is 2.44. The molecule has 3 heterocycles. The van der Waals surface area contributed by atoms with Crippen molar-refractivity contribution in [2.45, 2.75) is 105 Å². The number of nitrogens with one attached hydrogen (secondary N) is 1. The van der Waals surface area contributed by atoms with E-state index in [9.17, 15) is 39.6 Å². The smallest absolute Gasteiger partial charge is 0.307 e. The summed E-state index contributed by atoms with van der Waals surface area (Å²) in [5.41, 5.74) is -2.45. The number of phenolic OH excluding ortho intramolecular Hbond substituents is 1. The maximum atomic E-state index is 14.8. The molecule has 356 valence electrons. The molecule has 6 rings (SSSR count). The average molecular weight is 916 g/mol. The number of ether oxygens (including phenoxy) is 5. The SMILES string of the molecule is CO[C@H]1/C=C/O[C@@]2(C)Oc3c(C)c(O)c4c(=O)c(c5oc6cc(OCCN(C)C(C)C)cc(=O)c6nc5c4c3=C2O)NC(=O)/C(C)=C\C=C\[C@H](C)[C@H](O)[C@@H](C)[C@@H](O)[C@@H](C)[C@H](OC(C)=O)[C@@H]1C. The van der Waals surface area contributed by atoms with Crippen LogP contribution in [0.5, 0.6) is 17.2 Å². The molecule has 17 nitrogen and oxygen atoms in total. The van der Waals surface area contributed by atoms with E-state index in [0.717, 1.165) is 0 Å². The van der Waals surface area contributed by atoms with Crippen molar-refractivity contribution in [3.05, 3.63) is 79.5 Å². The highest BCUT2D eigenvalue weighted by molar-refractivity contribution is 6.16. The number of aliphatic hydroxyl groups is 3. The summed E-state index contributed by atoms with van der Waals surface area (Å²) in [5, 5.41) is 49.0. The number of fused-ring (bicyclic) bond motifs is 2. The van der Waals surface area contributed by atoms with Crippen LogP contribution in [-0.2, 0) is 23.8 Å². The molecule has 0 radical (unpaired) electrons. The summed E-state index contributed by atoms with van der Waals surface area (Å²) in [5.74, 6) is -6.87. The number of allylic oxidation sites excluding steroid dienone is 2. The summed E-state index contributed by atoms with van der Waals surface area (Å²) in [7, 11) is 3.38. The highest BCUT2D eigenvalue weighted by Crippen LogP contribution is 2.42. The first-order valence-electron chi connectivity index (χ1n) is 22.0. The van der Waals surface area contributed by atoms with Gasteiger partial charge < -0.3 is 58.7 Å². The number of benzene rings is 3. The number of carbonyl (C=O) groups is 2. The number of nitrogens with zero attached hydrogens (tertiary/aromatic N) is 2. The number of aromatic nitrogens is 1. The number of likely N-dealkylation sites (N-methyl/N-ethyl adjacent to an activating group) is 1. The number of hydrogen-bond donors (Lipinski definition) is 5. The highest BCUT2D eigenvalue weighted by atomic mass is 16.7. The van der Waals surface area contributed by atoms with Crippen molar-refractivity contribution in [1.29, 1.82) is 0 Å². The van der Waals surface area contributed by atoms with Crippen LogP contribution in [0.1, 0.15) is 67.9 Å². The predicted octanol–water partition coefficient (Wildman–Crippen LogP) is 5.28. The minimum absolute atomic E-state index is 0.0404. The normalized spacial score (nSPS) is 28.3. The van der Waals surface area contributed by atoms with Gasteiger partial charge in [0.15, 0.2) is 22.4 Å². The van der Waals surface area contributed by atoms with E-state index in [4.69, 9.17) is 33.1 Å². The standard InChI is InChI=1S/C49H61N3O14/c1-22(2)52(11)17-19-62-30-20-31(54)37-33(21-30)65-46-38(50-37)34-35-42(57)28(8)45-36(34)47(59)49(10,66-45)63-18-16-32(61-12)25(5)44(64-29(9)53)27(7)41(56)26(6)40(55)23(3)14-13-15-24(4)48(60)51-39(46)43(35)58/h13-16,18,20-23,25-27,32,40-41,44,55-57,59H,17,19H2,1-12H3,(H,51,60)/b14-13+,18-16+,24-15-/t23-,25+,26+,27+,32-,40-,41+,44+,49-/m0/s1. The molecule has 3 aromatic carbocycles. The van der Waals surface area contributed by atoms with Gasteiger partial charge in [0.05, 0.1) is 35.2 Å². The molecule has 0 fully saturated rings. The molecule has 66 heavy (non-hydrogen) atoms. The van der Waals surface area contributed by atoms with Crippen molar-refractivity contribution >= 4 is 56.3 Å². The van der Waals surface area contributed by atoms with E-state index in [2.05, 4.69) is 10.2 Å². The number of phenols is 1. The number of esters is 1. The van der Waals surface area contributed by atoms with Gasteiger partial charge in [-0.2, -0.15) is 0 Å². The van der Waals surface area contributed by atoms with Crippen LogP contribution in [-0.4, -0.2) is 106 Å². The topological polar surface area (TPSA) is 237 Å². The van der Waals surface area contributed by atoms with Gasteiger partial charge in [-0.25, -0.2) is 4.98 Å². The summed E-state index contributed by atoms with van der Waals surface area (Å²) >= 11 is 0. The van der Waals surface area contributed by atoms with E-state index in [1.54, 1.807) is 39.8 Å². The Hall–Kier alpha value is -6.01. The van der Waals surface area contributed by atoms with Crippen LogP contribution in [0.4, 0.5) is 5.69 Å². The molecule has 2 aliphatic rings. The summed E-state index contributed by atoms with van der Waals surface area (Å²) in [6.45, 7) is 17.4. The molecule has 4 aromatic rings. The molecule has 0 saturated carbocycles. The first kappa shape index (κ1) is 49.4. The van der Waals surface area contributed by atoms with E-state index in [1.165, 1.54) is 65.4 Å². The van der Waals surface area contributed by atoms with Gasteiger partial charge in [0, 0.05) is 85.9 Å². The Kier molecular flexibility index (Phi) is 14.6. The zero-order valence-corrected chi connectivity index (χ0v) is 39.4. The number of methoxy groups -OCH3 is 1. The molecule has 0 unspecified atom stereocenters. The summed E-state index contributed by atoms with van der Waals surface area (Å²) in [6, 6.07) is 2.96. The second-order valence-electron chi connectivity index (χ2n) is 17.9. The minimum atomic E-state index is -1.99. The molecule has 17 heteroatoms. The van der Waals surface area contributed by atoms with Gasteiger partial charge in [-0.15, -0.1) is 0 Å². The Labute approximate surface area is 381 Å². The number of amides is 1. The fourth-order valence-corrected chi connectivity index (χ4v) is 8.52. The second-order valence-corrected chi connectivity index (χ2v) is 17.9. The Morgan fingerprint density at radius 1 is 0.985 bits per heavy atom. The molecule has 1 amide bonds. The van der Waals surface area contributed by atoms with Crippen molar-refractivity contribution < 1.29 is 58.1 Å². The largest absolute Gasteiger partial charge is 0.507 e. The van der Waals surface area contributed by atoms with Gasteiger partial charge in [0.25, 0.3) is 5.91 Å². The second kappa shape index (κ2) is 19.5. The summed E-state index contributed by atoms with van der Waals surface area (Å²) in [4.78, 5) is 61.7. The minimum Gasteiger partial charge on any atom is -0.507 e. The molecular formula is C49H61N3O14. The number of carbonyl (C=O) groups excluding carboxylic acids is 2. The van der Waals surface area contributed by atoms with Gasteiger partial charge in [-0.05, 0) is 40.8 Å². The first-order chi connectivity index (χ1) is 31.0. The Morgan fingerprint density at radius 2 is 1.68 bits per heavy atom. The van der Waals surface area contributed by atoms with Gasteiger partial charge in [0.2, 0.25) is 10.9 Å².